The summed E-state index contributed by atoms with van der Waals surface area (Å²) in [5, 5.41) is 16.6. The second-order valence-corrected chi connectivity index (χ2v) is 6.24. The highest BCUT2D eigenvalue weighted by Gasteiger charge is 2.20. The fraction of sp³-hybridized carbons (Fsp3) is 0.786. The molecular weight excluding hydrogens is 274 g/mol. The van der Waals surface area contributed by atoms with Crippen molar-refractivity contribution in [3.05, 3.63) is 0 Å². The van der Waals surface area contributed by atoms with Crippen LogP contribution in [0.1, 0.15) is 47.5 Å². The molecule has 7 heteroatoms. The van der Waals surface area contributed by atoms with Crippen molar-refractivity contribution >= 4 is 17.9 Å². The minimum Gasteiger partial charge on any atom is -0.481 e. The van der Waals surface area contributed by atoms with Crippen LogP contribution < -0.4 is 16.0 Å². The minimum atomic E-state index is -0.841. The maximum Gasteiger partial charge on any atom is 0.315 e. The molecule has 2 unspecified atom stereocenters. The standard InChI is InChI=1S/C14H27N3O4/c1-9(12(19)20)7-6-8-15-13(21)16-10(2)11(18)17-14(3,4)5/h9-10H,6-8H2,1-5H3,(H,17,18)(H,19,20)(H2,15,16,21). The number of hydrogen-bond donors (Lipinski definition) is 4. The van der Waals surface area contributed by atoms with Crippen molar-refractivity contribution in [1.82, 2.24) is 16.0 Å². The van der Waals surface area contributed by atoms with E-state index in [1.54, 1.807) is 13.8 Å². The predicted octanol–water partition coefficient (Wildman–Crippen LogP) is 1.09. The number of amides is 3. The van der Waals surface area contributed by atoms with Gasteiger partial charge in [-0.2, -0.15) is 0 Å². The van der Waals surface area contributed by atoms with Crippen molar-refractivity contribution in [3.8, 4) is 0 Å². The summed E-state index contributed by atoms with van der Waals surface area (Å²) >= 11 is 0. The Morgan fingerprint density at radius 2 is 1.71 bits per heavy atom. The fourth-order valence-electron chi connectivity index (χ4n) is 1.52. The number of urea groups is 1. The van der Waals surface area contributed by atoms with E-state index in [4.69, 9.17) is 5.11 Å². The van der Waals surface area contributed by atoms with E-state index in [0.717, 1.165) is 0 Å². The Bertz CT molecular complexity index is 377. The summed E-state index contributed by atoms with van der Waals surface area (Å²) in [7, 11) is 0. The highest BCUT2D eigenvalue weighted by Crippen LogP contribution is 2.04. The van der Waals surface area contributed by atoms with Crippen LogP contribution in [0.4, 0.5) is 4.79 Å². The molecule has 0 spiro atoms. The third-order valence-electron chi connectivity index (χ3n) is 2.76. The smallest absolute Gasteiger partial charge is 0.315 e. The summed E-state index contributed by atoms with van der Waals surface area (Å²) in [6, 6.07) is -1.07. The van der Waals surface area contributed by atoms with E-state index in [0.29, 0.717) is 19.4 Å². The van der Waals surface area contributed by atoms with Crippen molar-refractivity contribution in [2.24, 2.45) is 5.92 Å². The van der Waals surface area contributed by atoms with Gasteiger partial charge in [0.15, 0.2) is 0 Å². The van der Waals surface area contributed by atoms with Crippen molar-refractivity contribution in [3.63, 3.8) is 0 Å². The van der Waals surface area contributed by atoms with E-state index >= 15 is 0 Å². The second-order valence-electron chi connectivity index (χ2n) is 6.24. The molecule has 2 atom stereocenters. The van der Waals surface area contributed by atoms with Crippen molar-refractivity contribution in [2.75, 3.05) is 6.54 Å². The average molecular weight is 301 g/mol. The van der Waals surface area contributed by atoms with Gasteiger partial charge in [-0.05, 0) is 40.5 Å². The molecule has 0 saturated carbocycles. The quantitative estimate of drug-likeness (QED) is 0.528. The molecule has 0 saturated heterocycles. The van der Waals surface area contributed by atoms with Gasteiger partial charge in [0, 0.05) is 12.1 Å². The van der Waals surface area contributed by atoms with Gasteiger partial charge in [-0.3, -0.25) is 9.59 Å². The third kappa shape index (κ3) is 9.70. The summed E-state index contributed by atoms with van der Waals surface area (Å²) < 4.78 is 0. The van der Waals surface area contributed by atoms with E-state index in [9.17, 15) is 14.4 Å². The molecule has 0 heterocycles. The molecule has 0 aliphatic rings. The van der Waals surface area contributed by atoms with Gasteiger partial charge < -0.3 is 21.1 Å². The van der Waals surface area contributed by atoms with Crippen molar-refractivity contribution in [2.45, 2.75) is 59.0 Å². The number of rotatable bonds is 7. The monoisotopic (exact) mass is 301 g/mol. The van der Waals surface area contributed by atoms with Crippen molar-refractivity contribution in [1.29, 1.82) is 0 Å². The highest BCUT2D eigenvalue weighted by atomic mass is 16.4. The minimum absolute atomic E-state index is 0.253. The molecule has 0 aromatic rings. The lowest BCUT2D eigenvalue weighted by atomic mass is 10.1. The molecule has 4 N–H and O–H groups in total. The van der Waals surface area contributed by atoms with Crippen LogP contribution in [0.25, 0.3) is 0 Å². The van der Waals surface area contributed by atoms with Crippen LogP contribution in [0.15, 0.2) is 0 Å². The topological polar surface area (TPSA) is 108 Å². The molecule has 0 aliphatic carbocycles. The van der Waals surface area contributed by atoms with E-state index in [1.807, 2.05) is 20.8 Å². The summed E-state index contributed by atoms with van der Waals surface area (Å²) in [6.07, 6.45) is 1.07. The van der Waals surface area contributed by atoms with Crippen LogP contribution in [0.3, 0.4) is 0 Å². The third-order valence-corrected chi connectivity index (χ3v) is 2.76. The Kier molecular flexibility index (Phi) is 7.76. The van der Waals surface area contributed by atoms with Crippen LogP contribution in [-0.2, 0) is 9.59 Å². The van der Waals surface area contributed by atoms with Gasteiger partial charge in [-0.15, -0.1) is 0 Å². The van der Waals surface area contributed by atoms with E-state index < -0.39 is 24.0 Å². The molecule has 0 fully saturated rings. The largest absolute Gasteiger partial charge is 0.481 e. The van der Waals surface area contributed by atoms with E-state index in [-0.39, 0.29) is 11.4 Å². The lowest BCUT2D eigenvalue weighted by molar-refractivity contribution is -0.141. The molecule has 0 rings (SSSR count). The second kappa shape index (κ2) is 8.49. The van der Waals surface area contributed by atoms with Crippen LogP contribution in [-0.4, -0.2) is 41.1 Å². The Balaban J connectivity index is 3.93. The number of carboxylic acids is 1. The number of aliphatic carboxylic acids is 1. The zero-order valence-corrected chi connectivity index (χ0v) is 13.4. The van der Waals surface area contributed by atoms with Crippen LogP contribution in [0, 0.1) is 5.92 Å². The molecule has 122 valence electrons. The zero-order chi connectivity index (χ0) is 16.6. The SMILES string of the molecule is CC(CCCNC(=O)NC(C)C(=O)NC(C)(C)C)C(=O)O. The van der Waals surface area contributed by atoms with E-state index in [2.05, 4.69) is 16.0 Å². The maximum absolute atomic E-state index is 11.8. The molecule has 21 heavy (non-hydrogen) atoms. The molecule has 0 aliphatic heterocycles. The Morgan fingerprint density at radius 1 is 1.14 bits per heavy atom. The first kappa shape index (κ1) is 19.2. The molecule has 0 aromatic carbocycles. The number of carbonyl (C=O) groups is 3. The lowest BCUT2D eigenvalue weighted by Crippen LogP contribution is -2.52. The van der Waals surface area contributed by atoms with Gasteiger partial charge in [0.05, 0.1) is 5.92 Å². The van der Waals surface area contributed by atoms with Gasteiger partial charge in [0.1, 0.15) is 6.04 Å². The van der Waals surface area contributed by atoms with Gasteiger partial charge in [-0.25, -0.2) is 4.79 Å². The Labute approximate surface area is 125 Å². The molecule has 3 amide bonds. The van der Waals surface area contributed by atoms with Crippen LogP contribution in [0.2, 0.25) is 0 Å². The van der Waals surface area contributed by atoms with Gasteiger partial charge >= 0.3 is 12.0 Å². The first-order valence-corrected chi connectivity index (χ1v) is 7.12. The lowest BCUT2D eigenvalue weighted by Gasteiger charge is -2.23. The summed E-state index contributed by atoms with van der Waals surface area (Å²) in [5.74, 6) is -1.52. The summed E-state index contributed by atoms with van der Waals surface area (Å²) in [5.41, 5.74) is -0.351. The van der Waals surface area contributed by atoms with Gasteiger partial charge in [0.2, 0.25) is 5.91 Å². The maximum atomic E-state index is 11.8. The fourth-order valence-corrected chi connectivity index (χ4v) is 1.52. The molecule has 0 radical (unpaired) electrons. The summed E-state index contributed by atoms with van der Waals surface area (Å²) in [6.45, 7) is 9.19. The van der Waals surface area contributed by atoms with Crippen LogP contribution >= 0.6 is 0 Å². The van der Waals surface area contributed by atoms with Gasteiger partial charge in [0.25, 0.3) is 0 Å². The molecular formula is C14H27N3O4. The Morgan fingerprint density at radius 3 is 2.19 bits per heavy atom. The van der Waals surface area contributed by atoms with E-state index in [1.165, 1.54) is 0 Å². The number of hydrogen-bond acceptors (Lipinski definition) is 3. The normalized spacial score (nSPS) is 14.0. The average Bonchev–Trinajstić information content (AvgIpc) is 2.31. The first-order valence-electron chi connectivity index (χ1n) is 7.12. The number of carboxylic acid groups (broad SMARTS) is 1. The summed E-state index contributed by atoms with van der Waals surface area (Å²) in [4.78, 5) is 34.0. The molecule has 0 aromatic heterocycles. The van der Waals surface area contributed by atoms with Crippen LogP contribution in [0.5, 0.6) is 0 Å². The molecule has 7 nitrogen and oxygen atoms in total. The Hall–Kier alpha value is -1.79. The highest BCUT2D eigenvalue weighted by molar-refractivity contribution is 5.87. The molecule has 0 bridgehead atoms. The predicted molar refractivity (Wildman–Crippen MR) is 79.9 cm³/mol. The van der Waals surface area contributed by atoms with Crippen molar-refractivity contribution < 1.29 is 19.5 Å². The zero-order valence-electron chi connectivity index (χ0n) is 13.4. The first-order chi connectivity index (χ1) is 9.53. The number of nitrogens with one attached hydrogen (secondary N) is 3. The van der Waals surface area contributed by atoms with Gasteiger partial charge in [-0.1, -0.05) is 6.92 Å². The number of carbonyl (C=O) groups excluding carboxylic acids is 2.